The molecule has 0 unspecified atom stereocenters. The van der Waals surface area contributed by atoms with E-state index in [4.69, 9.17) is 0 Å². The lowest BCUT2D eigenvalue weighted by Gasteiger charge is -2.17. The first-order valence-electron chi connectivity index (χ1n) is 8.23. The summed E-state index contributed by atoms with van der Waals surface area (Å²) in [4.78, 5) is 26.1. The van der Waals surface area contributed by atoms with Gasteiger partial charge in [0.1, 0.15) is 0 Å². The van der Waals surface area contributed by atoms with Crippen LogP contribution >= 0.6 is 0 Å². The van der Waals surface area contributed by atoms with Crippen LogP contribution in [0.2, 0.25) is 0 Å². The van der Waals surface area contributed by atoms with Crippen LogP contribution in [0.1, 0.15) is 29.0 Å². The minimum Gasteiger partial charge on any atom is -0.333 e. The van der Waals surface area contributed by atoms with Gasteiger partial charge in [-0.25, -0.2) is 0 Å². The number of hydrogen-bond acceptors (Lipinski definition) is 2. The van der Waals surface area contributed by atoms with Crippen LogP contribution in [0.4, 0.5) is 5.69 Å². The fourth-order valence-corrected chi connectivity index (χ4v) is 3.07. The number of carbonyl (C=O) groups is 2. The Hall–Kier alpha value is -2.62. The zero-order valence-corrected chi connectivity index (χ0v) is 14.1. The van der Waals surface area contributed by atoms with Gasteiger partial charge in [-0.3, -0.25) is 9.59 Å². The van der Waals surface area contributed by atoms with Crippen molar-refractivity contribution in [3.63, 3.8) is 0 Å². The van der Waals surface area contributed by atoms with E-state index in [1.807, 2.05) is 62.4 Å². The van der Waals surface area contributed by atoms with Crippen LogP contribution < -0.4 is 5.32 Å². The van der Waals surface area contributed by atoms with Gasteiger partial charge in [0.05, 0.1) is 6.54 Å². The van der Waals surface area contributed by atoms with Crippen LogP contribution in [0.3, 0.4) is 0 Å². The lowest BCUT2D eigenvalue weighted by molar-refractivity contribution is -0.131. The predicted octanol–water partition coefficient (Wildman–Crippen LogP) is 3.26. The highest BCUT2D eigenvalue weighted by Crippen LogP contribution is 2.27. The second-order valence-corrected chi connectivity index (χ2v) is 6.43. The molecule has 3 rings (SSSR count). The van der Waals surface area contributed by atoms with Gasteiger partial charge in [-0.2, -0.15) is 0 Å². The summed E-state index contributed by atoms with van der Waals surface area (Å²) in [6.45, 7) is 4.76. The van der Waals surface area contributed by atoms with Crippen molar-refractivity contribution in [1.29, 1.82) is 0 Å². The second kappa shape index (κ2) is 6.87. The van der Waals surface area contributed by atoms with Gasteiger partial charge in [0.2, 0.25) is 11.8 Å². The Morgan fingerprint density at radius 1 is 1.12 bits per heavy atom. The van der Waals surface area contributed by atoms with Crippen molar-refractivity contribution in [3.8, 4) is 0 Å². The molecule has 1 saturated heterocycles. The van der Waals surface area contributed by atoms with E-state index in [9.17, 15) is 9.59 Å². The van der Waals surface area contributed by atoms with Crippen LogP contribution in [-0.4, -0.2) is 29.8 Å². The molecule has 1 atom stereocenters. The first kappa shape index (κ1) is 16.2. The van der Waals surface area contributed by atoms with E-state index in [0.29, 0.717) is 13.0 Å². The molecule has 1 aliphatic heterocycles. The van der Waals surface area contributed by atoms with Gasteiger partial charge >= 0.3 is 0 Å². The molecule has 2 aromatic rings. The standard InChI is InChI=1S/C20H22N2O2/c1-14-8-9-18(10-15(14)2)21-19(23)13-22-12-17(11-20(22)24)16-6-4-3-5-7-16/h3-10,17H,11-13H2,1-2H3,(H,21,23)/t17-/m1/s1. The fourth-order valence-electron chi connectivity index (χ4n) is 3.07. The van der Waals surface area contributed by atoms with E-state index in [1.54, 1.807) is 4.90 Å². The zero-order valence-electron chi connectivity index (χ0n) is 14.1. The monoisotopic (exact) mass is 322 g/mol. The minimum atomic E-state index is -0.152. The molecule has 0 bridgehead atoms. The molecule has 24 heavy (non-hydrogen) atoms. The van der Waals surface area contributed by atoms with Crippen molar-refractivity contribution in [2.24, 2.45) is 0 Å². The summed E-state index contributed by atoms with van der Waals surface area (Å²) in [5.41, 5.74) is 4.25. The normalized spacial score (nSPS) is 17.2. The summed E-state index contributed by atoms with van der Waals surface area (Å²) in [7, 11) is 0. The molecule has 124 valence electrons. The number of likely N-dealkylation sites (tertiary alicyclic amines) is 1. The summed E-state index contributed by atoms with van der Waals surface area (Å²) in [5.74, 6) is 0.0625. The number of anilines is 1. The Labute approximate surface area is 142 Å². The average Bonchev–Trinajstić information content (AvgIpc) is 2.93. The smallest absolute Gasteiger partial charge is 0.243 e. The quantitative estimate of drug-likeness (QED) is 0.939. The number of carbonyl (C=O) groups excluding carboxylic acids is 2. The number of nitrogens with zero attached hydrogens (tertiary/aromatic N) is 1. The van der Waals surface area contributed by atoms with Gasteiger partial charge in [0.25, 0.3) is 0 Å². The molecule has 2 amide bonds. The molecular weight excluding hydrogens is 300 g/mol. The molecule has 0 saturated carbocycles. The third-order valence-electron chi connectivity index (χ3n) is 4.61. The van der Waals surface area contributed by atoms with E-state index in [0.717, 1.165) is 16.8 Å². The molecule has 1 N–H and O–H groups in total. The van der Waals surface area contributed by atoms with Crippen LogP contribution in [0, 0.1) is 13.8 Å². The Morgan fingerprint density at radius 3 is 2.58 bits per heavy atom. The van der Waals surface area contributed by atoms with E-state index < -0.39 is 0 Å². The van der Waals surface area contributed by atoms with Crippen LogP contribution in [0.5, 0.6) is 0 Å². The third-order valence-corrected chi connectivity index (χ3v) is 4.61. The maximum absolute atomic E-state index is 12.2. The second-order valence-electron chi connectivity index (χ2n) is 6.43. The molecule has 0 aromatic heterocycles. The Bertz CT molecular complexity index is 755. The third kappa shape index (κ3) is 3.65. The predicted molar refractivity (Wildman–Crippen MR) is 94.9 cm³/mol. The topological polar surface area (TPSA) is 49.4 Å². The van der Waals surface area contributed by atoms with E-state index >= 15 is 0 Å². The fraction of sp³-hybridized carbons (Fsp3) is 0.300. The van der Waals surface area contributed by atoms with Crippen molar-refractivity contribution in [3.05, 3.63) is 65.2 Å². The summed E-state index contributed by atoms with van der Waals surface area (Å²) < 4.78 is 0. The van der Waals surface area contributed by atoms with Crippen molar-refractivity contribution < 1.29 is 9.59 Å². The summed E-state index contributed by atoms with van der Waals surface area (Å²) in [6.07, 6.45) is 0.473. The zero-order chi connectivity index (χ0) is 17.1. The van der Waals surface area contributed by atoms with Gasteiger partial charge in [-0.05, 0) is 42.7 Å². The molecular formula is C20H22N2O2. The Morgan fingerprint density at radius 2 is 1.88 bits per heavy atom. The average molecular weight is 322 g/mol. The summed E-state index contributed by atoms with van der Waals surface area (Å²) in [6, 6.07) is 15.8. The maximum Gasteiger partial charge on any atom is 0.243 e. The highest BCUT2D eigenvalue weighted by Gasteiger charge is 2.31. The van der Waals surface area contributed by atoms with Gasteiger partial charge in [0.15, 0.2) is 0 Å². The van der Waals surface area contributed by atoms with Gasteiger partial charge in [-0.15, -0.1) is 0 Å². The summed E-state index contributed by atoms with van der Waals surface area (Å²) in [5, 5.41) is 2.88. The highest BCUT2D eigenvalue weighted by molar-refractivity contribution is 5.95. The Balaban J connectivity index is 1.60. The number of hydrogen-bond donors (Lipinski definition) is 1. The molecule has 1 heterocycles. The molecule has 0 radical (unpaired) electrons. The van der Waals surface area contributed by atoms with Gasteiger partial charge in [0, 0.05) is 24.6 Å². The lowest BCUT2D eigenvalue weighted by atomic mass is 9.99. The molecule has 0 aliphatic carbocycles. The van der Waals surface area contributed by atoms with Crippen LogP contribution in [0.25, 0.3) is 0 Å². The molecule has 1 fully saturated rings. The highest BCUT2D eigenvalue weighted by atomic mass is 16.2. The van der Waals surface area contributed by atoms with Crippen molar-refractivity contribution >= 4 is 17.5 Å². The maximum atomic E-state index is 12.2. The summed E-state index contributed by atoms with van der Waals surface area (Å²) >= 11 is 0. The molecule has 0 spiro atoms. The molecule has 4 nitrogen and oxygen atoms in total. The van der Waals surface area contributed by atoms with Gasteiger partial charge < -0.3 is 10.2 Å². The molecule has 2 aromatic carbocycles. The molecule has 1 aliphatic rings. The van der Waals surface area contributed by atoms with Crippen LogP contribution in [-0.2, 0) is 9.59 Å². The van der Waals surface area contributed by atoms with E-state index in [-0.39, 0.29) is 24.3 Å². The minimum absolute atomic E-state index is 0.0408. The van der Waals surface area contributed by atoms with Crippen molar-refractivity contribution in [2.75, 3.05) is 18.4 Å². The SMILES string of the molecule is Cc1ccc(NC(=O)CN2C[C@H](c3ccccc3)CC2=O)cc1C. The largest absolute Gasteiger partial charge is 0.333 e. The van der Waals surface area contributed by atoms with Crippen LogP contribution in [0.15, 0.2) is 48.5 Å². The first-order chi connectivity index (χ1) is 11.5. The number of amides is 2. The molecule has 4 heteroatoms. The first-order valence-corrected chi connectivity index (χ1v) is 8.23. The number of benzene rings is 2. The number of nitrogens with one attached hydrogen (secondary N) is 1. The van der Waals surface area contributed by atoms with Gasteiger partial charge in [-0.1, -0.05) is 36.4 Å². The number of rotatable bonds is 4. The Kier molecular flexibility index (Phi) is 4.65. The lowest BCUT2D eigenvalue weighted by Crippen LogP contribution is -2.34. The van der Waals surface area contributed by atoms with Crippen molar-refractivity contribution in [2.45, 2.75) is 26.2 Å². The van der Waals surface area contributed by atoms with E-state index in [2.05, 4.69) is 5.32 Å². The number of aryl methyl sites for hydroxylation is 2. The van der Waals surface area contributed by atoms with Crippen molar-refractivity contribution in [1.82, 2.24) is 4.90 Å². The van der Waals surface area contributed by atoms with E-state index in [1.165, 1.54) is 5.56 Å².